The van der Waals surface area contributed by atoms with Crippen molar-refractivity contribution in [3.8, 4) is 0 Å². The molecule has 2 heteroatoms. The zero-order chi connectivity index (χ0) is 7.44. The third-order valence-corrected chi connectivity index (χ3v) is 0.976. The molecule has 0 spiro atoms. The zero-order valence-corrected chi connectivity index (χ0v) is 6.22. The highest BCUT2D eigenvalue weighted by atomic mass is 16.2. The number of nitrogens with zero attached hydrogens (tertiary/aromatic N) is 1. The number of hydrogen-bond donors (Lipinski definition) is 0. The minimum atomic E-state index is -0.00926. The fourth-order valence-corrected chi connectivity index (χ4v) is 0.493. The van der Waals surface area contributed by atoms with Crippen LogP contribution in [0.4, 0.5) is 0 Å². The predicted octanol–water partition coefficient (Wildman–Crippen LogP) is 1.16. The highest BCUT2D eigenvalue weighted by Gasteiger charge is 2.05. The van der Waals surface area contributed by atoms with Gasteiger partial charge < -0.3 is 4.90 Å². The summed E-state index contributed by atoms with van der Waals surface area (Å²) in [5.41, 5.74) is 0. The lowest BCUT2D eigenvalue weighted by atomic mass is 10.1. The molecule has 0 fully saturated rings. The van der Waals surface area contributed by atoms with Crippen molar-refractivity contribution < 1.29 is 4.79 Å². The lowest BCUT2D eigenvalue weighted by Gasteiger charge is -2.10. The van der Waals surface area contributed by atoms with Crippen molar-refractivity contribution in [1.82, 2.24) is 4.90 Å². The quantitative estimate of drug-likeness (QED) is 0.510. The second-order valence-electron chi connectivity index (χ2n) is 2.60. The molecule has 0 saturated carbocycles. The van der Waals surface area contributed by atoms with Crippen LogP contribution in [0.3, 0.4) is 0 Å². The third-order valence-electron chi connectivity index (χ3n) is 0.976. The van der Waals surface area contributed by atoms with Crippen LogP contribution in [-0.2, 0) is 4.79 Å². The lowest BCUT2D eigenvalue weighted by Crippen LogP contribution is -2.20. The summed E-state index contributed by atoms with van der Waals surface area (Å²) < 4.78 is 0. The highest BCUT2D eigenvalue weighted by Crippen LogP contribution is 2.00. The van der Waals surface area contributed by atoms with Gasteiger partial charge in [0, 0.05) is 13.5 Å². The predicted molar refractivity (Wildman–Crippen MR) is 36.5 cm³/mol. The van der Waals surface area contributed by atoms with Gasteiger partial charge in [0.25, 0.3) is 0 Å². The average molecular weight is 127 g/mol. The molecule has 0 rings (SSSR count). The van der Waals surface area contributed by atoms with Gasteiger partial charge >= 0.3 is 0 Å². The number of hydrogen-bond acceptors (Lipinski definition) is 1. The first-order valence-electron chi connectivity index (χ1n) is 3.05. The number of carbonyl (C=O) groups is 1. The van der Waals surface area contributed by atoms with Gasteiger partial charge in [0.2, 0.25) is 5.91 Å². The van der Waals surface area contributed by atoms with Gasteiger partial charge in [-0.25, -0.2) is 0 Å². The van der Waals surface area contributed by atoms with Gasteiger partial charge in [-0.15, -0.1) is 0 Å². The highest BCUT2D eigenvalue weighted by molar-refractivity contribution is 5.76. The molecule has 1 amide bonds. The van der Waals surface area contributed by atoms with Gasteiger partial charge in [0.05, 0.1) is 7.05 Å². The van der Waals surface area contributed by atoms with Crippen LogP contribution in [0.1, 0.15) is 20.3 Å². The fraction of sp³-hybridized carbons (Fsp3) is 0.714. The van der Waals surface area contributed by atoms with E-state index in [4.69, 9.17) is 7.05 Å². The molecule has 2 nitrogen and oxygen atoms in total. The summed E-state index contributed by atoms with van der Waals surface area (Å²) in [5.74, 6) is 0.383. The van der Waals surface area contributed by atoms with Crippen molar-refractivity contribution in [2.45, 2.75) is 20.3 Å². The second kappa shape index (κ2) is 3.49. The molecule has 0 aromatic rings. The Balaban J connectivity index is 3.51. The Kier molecular flexibility index (Phi) is 3.28. The third kappa shape index (κ3) is 4.01. The Morgan fingerprint density at radius 2 is 2.11 bits per heavy atom. The molecule has 52 valence electrons. The van der Waals surface area contributed by atoms with Gasteiger partial charge in [-0.2, -0.15) is 0 Å². The Hall–Kier alpha value is -0.530. The monoisotopic (exact) mass is 127 g/mol. The molecule has 0 N–H and O–H groups in total. The van der Waals surface area contributed by atoms with Gasteiger partial charge in [-0.05, 0) is 5.92 Å². The molecule has 0 aliphatic rings. The molecule has 0 aliphatic carbocycles. The van der Waals surface area contributed by atoms with Crippen LogP contribution in [0.2, 0.25) is 0 Å². The van der Waals surface area contributed by atoms with Gasteiger partial charge in [0.15, 0.2) is 0 Å². The Labute approximate surface area is 56.9 Å². The smallest absolute Gasteiger partial charge is 0.222 e. The van der Waals surface area contributed by atoms with Crippen LogP contribution >= 0.6 is 0 Å². The maximum Gasteiger partial charge on any atom is 0.222 e. The van der Waals surface area contributed by atoms with E-state index in [0.29, 0.717) is 12.3 Å². The van der Waals surface area contributed by atoms with Crippen molar-refractivity contribution in [3.63, 3.8) is 0 Å². The summed E-state index contributed by atoms with van der Waals surface area (Å²) in [6.45, 7) is 3.98. The molecule has 0 atom stereocenters. The van der Waals surface area contributed by atoms with E-state index in [1.54, 1.807) is 7.05 Å². The van der Waals surface area contributed by atoms with Crippen molar-refractivity contribution >= 4 is 5.91 Å². The Bertz CT molecular complexity index is 97.1. The molecule has 9 heavy (non-hydrogen) atoms. The van der Waals surface area contributed by atoms with E-state index in [0.717, 1.165) is 4.90 Å². The SMILES string of the molecule is [CH]N(C)C(=O)CC(C)C. The first-order valence-corrected chi connectivity index (χ1v) is 3.05. The maximum absolute atomic E-state index is 10.8. The first-order chi connectivity index (χ1) is 4.04. The summed E-state index contributed by atoms with van der Waals surface area (Å²) in [6.07, 6.45) is 0.535. The summed E-state index contributed by atoms with van der Waals surface area (Å²) >= 11 is 0. The van der Waals surface area contributed by atoms with Crippen LogP contribution in [0, 0.1) is 13.0 Å². The maximum atomic E-state index is 10.8. The van der Waals surface area contributed by atoms with E-state index in [-0.39, 0.29) is 5.91 Å². The molecule has 0 aromatic carbocycles. The van der Waals surface area contributed by atoms with E-state index >= 15 is 0 Å². The lowest BCUT2D eigenvalue weighted by molar-refractivity contribution is -0.128. The summed E-state index contributed by atoms with van der Waals surface area (Å²) in [4.78, 5) is 11.9. The zero-order valence-electron chi connectivity index (χ0n) is 6.22. The standard InChI is InChI=1S/C7H13NO/c1-6(2)5-7(9)8(3)4/h3,6H,5H2,1-2,4H3. The Morgan fingerprint density at radius 3 is 2.22 bits per heavy atom. The molecule has 0 aliphatic heterocycles. The normalized spacial score (nSPS) is 9.89. The van der Waals surface area contributed by atoms with Crippen LogP contribution < -0.4 is 0 Å². The number of carbonyl (C=O) groups excluding carboxylic acids is 1. The summed E-state index contributed by atoms with van der Waals surface area (Å²) in [5, 5.41) is 0. The minimum Gasteiger partial charge on any atom is -0.338 e. The minimum absolute atomic E-state index is 0.00926. The van der Waals surface area contributed by atoms with E-state index in [2.05, 4.69) is 0 Å². The molecule has 0 bridgehead atoms. The van der Waals surface area contributed by atoms with E-state index in [9.17, 15) is 4.79 Å². The van der Waals surface area contributed by atoms with E-state index < -0.39 is 0 Å². The molecule has 0 saturated heterocycles. The van der Waals surface area contributed by atoms with Crippen molar-refractivity contribution in [2.24, 2.45) is 5.92 Å². The largest absolute Gasteiger partial charge is 0.338 e. The van der Waals surface area contributed by atoms with Gasteiger partial charge in [-0.3, -0.25) is 4.79 Å². The molecular formula is C7H13NO. The number of rotatable bonds is 2. The van der Waals surface area contributed by atoms with Crippen LogP contribution in [0.5, 0.6) is 0 Å². The average Bonchev–Trinajstić information content (AvgIpc) is 1.63. The van der Waals surface area contributed by atoms with Crippen LogP contribution in [0.15, 0.2) is 0 Å². The van der Waals surface area contributed by atoms with Crippen molar-refractivity contribution in [3.05, 3.63) is 7.05 Å². The summed E-state index contributed by atoms with van der Waals surface area (Å²) in [7, 11) is 6.73. The number of amides is 1. The van der Waals surface area contributed by atoms with E-state index in [1.807, 2.05) is 13.8 Å². The second-order valence-corrected chi connectivity index (χ2v) is 2.60. The van der Waals surface area contributed by atoms with E-state index in [1.165, 1.54) is 0 Å². The first kappa shape index (κ1) is 8.47. The van der Waals surface area contributed by atoms with Crippen LogP contribution in [-0.4, -0.2) is 17.9 Å². The van der Waals surface area contributed by atoms with Crippen LogP contribution in [0.25, 0.3) is 0 Å². The van der Waals surface area contributed by atoms with Crippen molar-refractivity contribution in [1.29, 1.82) is 0 Å². The fourth-order valence-electron chi connectivity index (χ4n) is 0.493. The van der Waals surface area contributed by atoms with Crippen molar-refractivity contribution in [2.75, 3.05) is 7.05 Å². The summed E-state index contributed by atoms with van der Waals surface area (Å²) in [6, 6.07) is 0. The molecular weight excluding hydrogens is 114 g/mol. The Morgan fingerprint density at radius 1 is 1.67 bits per heavy atom. The van der Waals surface area contributed by atoms with Gasteiger partial charge in [-0.1, -0.05) is 13.8 Å². The van der Waals surface area contributed by atoms with Gasteiger partial charge in [0.1, 0.15) is 0 Å². The molecule has 0 unspecified atom stereocenters. The molecule has 0 heterocycles. The molecule has 2 radical (unpaired) electrons. The topological polar surface area (TPSA) is 20.3 Å². The molecule has 0 aromatic heterocycles.